The Balaban J connectivity index is 1.38. The molecular weight excluding hydrogens is 470 g/mol. The zero-order valence-electron chi connectivity index (χ0n) is 23.8. The lowest BCUT2D eigenvalue weighted by Gasteiger charge is -2.30. The molecule has 194 valence electrons. The predicted molar refractivity (Wildman–Crippen MR) is 166 cm³/mol. The van der Waals surface area contributed by atoms with E-state index in [9.17, 15) is 0 Å². The summed E-state index contributed by atoms with van der Waals surface area (Å²) in [5, 5.41) is 0. The van der Waals surface area contributed by atoms with Crippen LogP contribution in [-0.4, -0.2) is 0 Å². The van der Waals surface area contributed by atoms with Gasteiger partial charge in [0.25, 0.3) is 0 Å². The van der Waals surface area contributed by atoms with Gasteiger partial charge in [-0.2, -0.15) is 0 Å². The molecule has 0 saturated carbocycles. The number of rotatable bonds is 4. The number of fused-ring (bicyclic) bond motifs is 5. The Bertz CT molecular complexity index is 1680. The Hall–Kier alpha value is -3.84. The van der Waals surface area contributed by atoms with Crippen LogP contribution in [0.15, 0.2) is 108 Å². The minimum Gasteiger partial charge on any atom is -0.310 e. The van der Waals surface area contributed by atoms with Gasteiger partial charge in [-0.05, 0) is 100 Å². The zero-order chi connectivity index (χ0) is 26.9. The molecule has 3 aliphatic rings. The lowest BCUT2D eigenvalue weighted by Crippen LogP contribution is -2.19. The van der Waals surface area contributed by atoms with E-state index in [0.29, 0.717) is 0 Å². The van der Waals surface area contributed by atoms with Crippen LogP contribution in [0.2, 0.25) is 0 Å². The highest BCUT2D eigenvalue weighted by Gasteiger charge is 2.39. The third-order valence-corrected chi connectivity index (χ3v) is 9.60. The minimum absolute atomic E-state index is 0.00540. The highest BCUT2D eigenvalue weighted by Crippen LogP contribution is 2.54. The molecule has 0 bridgehead atoms. The summed E-state index contributed by atoms with van der Waals surface area (Å²) in [4.78, 5) is 2.44. The highest BCUT2D eigenvalue weighted by molar-refractivity contribution is 5.88. The minimum atomic E-state index is -0.0312. The van der Waals surface area contributed by atoms with Crippen LogP contribution in [0, 0.1) is 0 Å². The number of hydrogen-bond donors (Lipinski definition) is 0. The Morgan fingerprint density at radius 2 is 1.21 bits per heavy atom. The molecule has 0 amide bonds. The van der Waals surface area contributed by atoms with Crippen molar-refractivity contribution in [3.8, 4) is 11.1 Å². The monoisotopic (exact) mass is 507 g/mol. The van der Waals surface area contributed by atoms with Crippen LogP contribution in [-0.2, 0) is 10.8 Å². The quantitative estimate of drug-likeness (QED) is 0.265. The fraction of sp³-hybridized carbons (Fsp3) is 0.263. The van der Waals surface area contributed by atoms with Crippen molar-refractivity contribution in [3.05, 3.63) is 130 Å². The number of benzene rings is 4. The maximum atomic E-state index is 2.51. The van der Waals surface area contributed by atoms with E-state index in [4.69, 9.17) is 0 Å². The number of hydrogen-bond acceptors (Lipinski definition) is 1. The summed E-state index contributed by atoms with van der Waals surface area (Å²) < 4.78 is 0. The normalized spacial score (nSPS) is 17.7. The molecule has 1 nitrogen and oxygen atoms in total. The molecule has 0 aliphatic heterocycles. The summed E-state index contributed by atoms with van der Waals surface area (Å²) in [5.74, 6) is 0. The summed E-state index contributed by atoms with van der Waals surface area (Å²) in [6, 6.07) is 34.0. The largest absolute Gasteiger partial charge is 0.310 e. The topological polar surface area (TPSA) is 3.24 Å². The van der Waals surface area contributed by atoms with Crippen LogP contribution in [0.1, 0.15) is 76.1 Å². The average molecular weight is 508 g/mol. The summed E-state index contributed by atoms with van der Waals surface area (Å²) in [7, 11) is 0. The molecule has 7 rings (SSSR count). The highest BCUT2D eigenvalue weighted by atomic mass is 15.1. The van der Waals surface area contributed by atoms with Crippen molar-refractivity contribution in [3.63, 3.8) is 0 Å². The molecule has 1 heteroatoms. The Kier molecular flexibility index (Phi) is 5.33. The van der Waals surface area contributed by atoms with E-state index < -0.39 is 0 Å². The van der Waals surface area contributed by atoms with E-state index in [0.717, 1.165) is 12.8 Å². The molecule has 0 fully saturated rings. The molecule has 4 aromatic rings. The van der Waals surface area contributed by atoms with Crippen LogP contribution in [0.5, 0.6) is 0 Å². The van der Waals surface area contributed by atoms with Gasteiger partial charge in [-0.1, -0.05) is 101 Å². The second-order valence-corrected chi connectivity index (χ2v) is 12.5. The molecular formula is C38H37N. The van der Waals surface area contributed by atoms with Gasteiger partial charge in [-0.25, -0.2) is 0 Å². The van der Waals surface area contributed by atoms with Crippen LogP contribution in [0.25, 0.3) is 16.7 Å². The van der Waals surface area contributed by atoms with E-state index >= 15 is 0 Å². The van der Waals surface area contributed by atoms with Gasteiger partial charge in [0.1, 0.15) is 0 Å². The van der Waals surface area contributed by atoms with Crippen LogP contribution in [0.3, 0.4) is 0 Å². The van der Waals surface area contributed by atoms with Gasteiger partial charge >= 0.3 is 0 Å². The first kappa shape index (κ1) is 24.2. The molecule has 39 heavy (non-hydrogen) atoms. The number of nitrogens with zero attached hydrogens (tertiary/aromatic N) is 1. The van der Waals surface area contributed by atoms with Crippen molar-refractivity contribution in [2.75, 3.05) is 4.90 Å². The average Bonchev–Trinajstić information content (AvgIpc) is 3.33. The van der Waals surface area contributed by atoms with E-state index in [1.165, 1.54) is 62.4 Å². The van der Waals surface area contributed by atoms with E-state index in [2.05, 4.69) is 137 Å². The van der Waals surface area contributed by atoms with Crippen molar-refractivity contribution < 1.29 is 0 Å². The van der Waals surface area contributed by atoms with Crippen LogP contribution in [0.4, 0.5) is 17.1 Å². The first-order valence-corrected chi connectivity index (χ1v) is 14.5. The van der Waals surface area contributed by atoms with Gasteiger partial charge in [0.15, 0.2) is 0 Å². The standard InChI is InChI=1S/C38H37N/c1-6-25-16-19-30-32-21-18-28(24-36(32)38(4,5)34(30)22-25)39(26-12-8-7-9-13-26)27-17-20-31-29-14-10-11-15-33(29)37(2,3)35(31)23-27/h7-15,17-18,20-24H,6,16,19H2,1-5H3. The van der Waals surface area contributed by atoms with Gasteiger partial charge in [0, 0.05) is 27.9 Å². The molecule has 0 radical (unpaired) electrons. The molecule has 0 spiro atoms. The van der Waals surface area contributed by atoms with Gasteiger partial charge in [-0.15, -0.1) is 0 Å². The van der Waals surface area contributed by atoms with Crippen LogP contribution < -0.4 is 4.90 Å². The SMILES string of the molecule is CCC1=CC2=C(CC1)c1ccc(N(c3ccccc3)c3ccc4c(c3)C(C)(C)c3ccccc3-4)cc1C2(C)C. The second-order valence-electron chi connectivity index (χ2n) is 12.5. The Labute approximate surface area is 233 Å². The summed E-state index contributed by atoms with van der Waals surface area (Å²) >= 11 is 0. The van der Waals surface area contributed by atoms with Crippen molar-refractivity contribution in [2.45, 2.75) is 64.7 Å². The molecule has 3 aliphatic carbocycles. The Morgan fingerprint density at radius 3 is 1.92 bits per heavy atom. The molecule has 0 unspecified atom stereocenters. The summed E-state index contributed by atoms with van der Waals surface area (Å²) in [5.41, 5.74) is 16.7. The Morgan fingerprint density at radius 1 is 0.590 bits per heavy atom. The van der Waals surface area contributed by atoms with Crippen LogP contribution >= 0.6 is 0 Å². The number of anilines is 3. The summed E-state index contributed by atoms with van der Waals surface area (Å²) in [6.07, 6.45) is 6.01. The van der Waals surface area contributed by atoms with E-state index in [-0.39, 0.29) is 10.8 Å². The van der Waals surface area contributed by atoms with Gasteiger partial charge in [-0.3, -0.25) is 0 Å². The van der Waals surface area contributed by atoms with E-state index in [1.54, 1.807) is 11.1 Å². The van der Waals surface area contributed by atoms with E-state index in [1.807, 2.05) is 0 Å². The molecule has 0 atom stereocenters. The molecule has 0 N–H and O–H groups in total. The lowest BCUT2D eigenvalue weighted by atomic mass is 9.78. The predicted octanol–water partition coefficient (Wildman–Crippen LogP) is 10.6. The number of allylic oxidation sites excluding steroid dienone is 4. The first-order valence-electron chi connectivity index (χ1n) is 14.5. The van der Waals surface area contributed by atoms with Crippen molar-refractivity contribution in [2.24, 2.45) is 0 Å². The maximum absolute atomic E-state index is 2.51. The smallest absolute Gasteiger partial charge is 0.0465 e. The van der Waals surface area contributed by atoms with Gasteiger partial charge < -0.3 is 4.90 Å². The molecule has 0 saturated heterocycles. The fourth-order valence-corrected chi connectivity index (χ4v) is 7.35. The van der Waals surface area contributed by atoms with Gasteiger partial charge in [0.05, 0.1) is 0 Å². The zero-order valence-corrected chi connectivity index (χ0v) is 23.8. The van der Waals surface area contributed by atoms with Gasteiger partial charge in [0.2, 0.25) is 0 Å². The van der Waals surface area contributed by atoms with Crippen molar-refractivity contribution in [1.82, 2.24) is 0 Å². The number of para-hydroxylation sites is 1. The van der Waals surface area contributed by atoms with Crippen molar-refractivity contribution in [1.29, 1.82) is 0 Å². The first-order chi connectivity index (χ1) is 18.8. The maximum Gasteiger partial charge on any atom is 0.0465 e. The molecule has 0 heterocycles. The molecule has 4 aromatic carbocycles. The third-order valence-electron chi connectivity index (χ3n) is 9.60. The summed E-state index contributed by atoms with van der Waals surface area (Å²) in [6.45, 7) is 11.8. The lowest BCUT2D eigenvalue weighted by molar-refractivity contribution is 0.648. The molecule has 0 aromatic heterocycles. The second kappa shape index (κ2) is 8.58. The third kappa shape index (κ3) is 3.52. The fourth-order valence-electron chi connectivity index (χ4n) is 7.35. The van der Waals surface area contributed by atoms with Crippen molar-refractivity contribution >= 4 is 22.6 Å².